The first kappa shape index (κ1) is 20.4. The Hall–Kier alpha value is -3.48. The highest BCUT2D eigenvalue weighted by Gasteiger charge is 2.46. The molecule has 0 aliphatic carbocycles. The Morgan fingerprint density at radius 1 is 0.594 bits per heavy atom. The average Bonchev–Trinajstić information content (AvgIpc) is 3.24. The maximum Gasteiger partial charge on any atom is 0.148 e. The molecular weight excluding hydrogens is 407 g/mol. The highest BCUT2D eigenvalue weighted by Crippen LogP contribution is 2.58. The molecule has 3 heteroatoms. The van der Waals surface area contributed by atoms with Crippen molar-refractivity contribution in [1.82, 2.24) is 9.55 Å². The second kappa shape index (κ2) is 8.94. The molecule has 0 saturated heterocycles. The van der Waals surface area contributed by atoms with Crippen LogP contribution in [0, 0.1) is 0 Å². The summed E-state index contributed by atoms with van der Waals surface area (Å²) in [6.45, 7) is 0. The Balaban J connectivity index is 1.72. The standard InChI is InChI=1S/C29H26N2P/c1-31-22-28(24-14-6-2-7-15-24)30-29(31)23-32(25-16-8-3-9-17-25,26-18-10-4-11-19-26)27-20-12-5-13-21-27/h2-22H,23H2,1H3/q+1. The van der Waals surface area contributed by atoms with Crippen LogP contribution in [0.15, 0.2) is 128 Å². The zero-order valence-corrected chi connectivity index (χ0v) is 19.1. The third kappa shape index (κ3) is 3.79. The van der Waals surface area contributed by atoms with Gasteiger partial charge in [0.2, 0.25) is 0 Å². The summed E-state index contributed by atoms with van der Waals surface area (Å²) in [4.78, 5) is 5.13. The summed E-state index contributed by atoms with van der Waals surface area (Å²) in [5, 5.41) is 4.13. The van der Waals surface area contributed by atoms with Gasteiger partial charge in [-0.1, -0.05) is 84.9 Å². The molecule has 4 aromatic carbocycles. The molecule has 2 nitrogen and oxygen atoms in total. The van der Waals surface area contributed by atoms with E-state index in [9.17, 15) is 0 Å². The van der Waals surface area contributed by atoms with Gasteiger partial charge in [0.05, 0.1) is 5.69 Å². The molecule has 0 N–H and O–H groups in total. The summed E-state index contributed by atoms with van der Waals surface area (Å²) in [5.74, 6) is 1.11. The van der Waals surface area contributed by atoms with E-state index >= 15 is 0 Å². The summed E-state index contributed by atoms with van der Waals surface area (Å²) in [6, 6.07) is 43.4. The van der Waals surface area contributed by atoms with Gasteiger partial charge >= 0.3 is 0 Å². The maximum absolute atomic E-state index is 5.13. The first-order valence-electron chi connectivity index (χ1n) is 10.9. The van der Waals surface area contributed by atoms with Crippen molar-refractivity contribution in [3.8, 4) is 11.3 Å². The van der Waals surface area contributed by atoms with Crippen molar-refractivity contribution in [3.05, 3.63) is 133 Å². The van der Waals surface area contributed by atoms with E-state index in [4.69, 9.17) is 4.98 Å². The van der Waals surface area contributed by atoms with E-state index in [-0.39, 0.29) is 0 Å². The molecule has 0 aliphatic heterocycles. The van der Waals surface area contributed by atoms with Crippen molar-refractivity contribution in [2.45, 2.75) is 6.16 Å². The molecule has 0 atom stereocenters. The number of imidazole rings is 1. The minimum Gasteiger partial charge on any atom is -0.334 e. The van der Waals surface area contributed by atoms with Crippen LogP contribution in [0.3, 0.4) is 0 Å². The van der Waals surface area contributed by atoms with Crippen molar-refractivity contribution >= 4 is 23.2 Å². The molecule has 0 spiro atoms. The molecule has 5 aromatic rings. The largest absolute Gasteiger partial charge is 0.334 e. The van der Waals surface area contributed by atoms with Gasteiger partial charge in [0.15, 0.2) is 0 Å². The van der Waals surface area contributed by atoms with E-state index in [1.165, 1.54) is 15.9 Å². The highest BCUT2D eigenvalue weighted by atomic mass is 31.2. The van der Waals surface area contributed by atoms with E-state index in [1.54, 1.807) is 0 Å². The summed E-state index contributed by atoms with van der Waals surface area (Å²) in [5.41, 5.74) is 2.17. The Bertz CT molecular complexity index is 1180. The molecule has 0 amide bonds. The molecule has 5 rings (SSSR count). The number of nitrogens with zero attached hydrogens (tertiary/aromatic N) is 2. The molecule has 1 aromatic heterocycles. The molecule has 1 heterocycles. The zero-order chi connectivity index (χ0) is 21.8. The van der Waals surface area contributed by atoms with E-state index in [1.807, 2.05) is 6.07 Å². The Kier molecular flexibility index (Phi) is 5.71. The van der Waals surface area contributed by atoms with Crippen molar-refractivity contribution in [2.75, 3.05) is 0 Å². The van der Waals surface area contributed by atoms with Crippen LogP contribution in [-0.2, 0) is 13.2 Å². The van der Waals surface area contributed by atoms with Crippen LogP contribution in [0.25, 0.3) is 11.3 Å². The zero-order valence-electron chi connectivity index (χ0n) is 18.2. The third-order valence-corrected chi connectivity index (χ3v) is 10.3. The summed E-state index contributed by atoms with van der Waals surface area (Å²) in [6.07, 6.45) is 3.02. The molecule has 32 heavy (non-hydrogen) atoms. The van der Waals surface area contributed by atoms with Crippen molar-refractivity contribution in [3.63, 3.8) is 0 Å². The monoisotopic (exact) mass is 433 g/mol. The van der Waals surface area contributed by atoms with E-state index < -0.39 is 7.26 Å². The molecule has 156 valence electrons. The molecule has 0 radical (unpaired) electrons. The molecular formula is C29H26N2P+. The van der Waals surface area contributed by atoms with Gasteiger partial charge in [0, 0.05) is 18.8 Å². The lowest BCUT2D eigenvalue weighted by Crippen LogP contribution is -2.33. The normalized spacial score (nSPS) is 11.4. The lowest BCUT2D eigenvalue weighted by atomic mass is 10.2. The van der Waals surface area contributed by atoms with Crippen LogP contribution in [0.2, 0.25) is 0 Å². The fourth-order valence-electron chi connectivity index (χ4n) is 4.38. The molecule has 0 aliphatic rings. The molecule has 0 bridgehead atoms. The van der Waals surface area contributed by atoms with E-state index in [0.29, 0.717) is 0 Å². The van der Waals surface area contributed by atoms with Gasteiger partial charge in [0.1, 0.15) is 35.2 Å². The second-order valence-corrected chi connectivity index (χ2v) is 11.5. The minimum absolute atomic E-state index is 0.869. The summed E-state index contributed by atoms with van der Waals surface area (Å²) >= 11 is 0. The van der Waals surface area contributed by atoms with Crippen LogP contribution in [0.4, 0.5) is 0 Å². The van der Waals surface area contributed by atoms with Gasteiger partial charge in [-0.15, -0.1) is 0 Å². The third-order valence-electron chi connectivity index (χ3n) is 6.01. The van der Waals surface area contributed by atoms with Gasteiger partial charge in [-0.05, 0) is 36.4 Å². The van der Waals surface area contributed by atoms with Crippen LogP contribution in [0.5, 0.6) is 0 Å². The minimum atomic E-state index is -1.96. The van der Waals surface area contributed by atoms with Gasteiger partial charge in [-0.2, -0.15) is 0 Å². The molecule has 0 saturated carbocycles. The van der Waals surface area contributed by atoms with Gasteiger partial charge in [0.25, 0.3) is 0 Å². The Labute approximate surface area is 190 Å². The first-order chi connectivity index (χ1) is 15.8. The topological polar surface area (TPSA) is 17.8 Å². The Morgan fingerprint density at radius 3 is 1.44 bits per heavy atom. The second-order valence-electron chi connectivity index (χ2n) is 7.99. The summed E-state index contributed by atoms with van der Waals surface area (Å²) < 4.78 is 2.20. The van der Waals surface area contributed by atoms with Crippen molar-refractivity contribution in [2.24, 2.45) is 7.05 Å². The average molecular weight is 434 g/mol. The summed E-state index contributed by atoms with van der Waals surface area (Å²) in [7, 11) is 0.152. The predicted octanol–water partition coefficient (Wildman–Crippen LogP) is 5.58. The number of aromatic nitrogens is 2. The number of rotatable bonds is 6. The Morgan fingerprint density at radius 2 is 1.00 bits per heavy atom. The highest BCUT2D eigenvalue weighted by molar-refractivity contribution is 7.95. The van der Waals surface area contributed by atoms with Crippen molar-refractivity contribution < 1.29 is 0 Å². The smallest absolute Gasteiger partial charge is 0.148 e. The molecule has 0 fully saturated rings. The predicted molar refractivity (Wildman–Crippen MR) is 137 cm³/mol. The number of aryl methyl sites for hydroxylation is 1. The lowest BCUT2D eigenvalue weighted by Gasteiger charge is -2.27. The van der Waals surface area contributed by atoms with Gasteiger partial charge in [-0.25, -0.2) is 4.98 Å². The number of hydrogen-bond acceptors (Lipinski definition) is 1. The van der Waals surface area contributed by atoms with Crippen LogP contribution in [0.1, 0.15) is 5.82 Å². The number of hydrogen-bond donors (Lipinski definition) is 0. The fraction of sp³-hybridized carbons (Fsp3) is 0.0690. The molecule has 0 unspecified atom stereocenters. The fourth-order valence-corrected chi connectivity index (χ4v) is 8.58. The maximum atomic E-state index is 5.13. The van der Waals surface area contributed by atoms with Crippen LogP contribution in [-0.4, -0.2) is 9.55 Å². The van der Waals surface area contributed by atoms with Crippen LogP contribution < -0.4 is 15.9 Å². The van der Waals surface area contributed by atoms with Crippen LogP contribution >= 0.6 is 7.26 Å². The number of benzene rings is 4. The quantitative estimate of drug-likeness (QED) is 0.320. The van der Waals surface area contributed by atoms with Gasteiger partial charge in [-0.3, -0.25) is 0 Å². The van der Waals surface area contributed by atoms with Crippen molar-refractivity contribution in [1.29, 1.82) is 0 Å². The van der Waals surface area contributed by atoms with E-state index in [0.717, 1.165) is 23.2 Å². The van der Waals surface area contributed by atoms with E-state index in [2.05, 4.69) is 133 Å². The lowest BCUT2D eigenvalue weighted by molar-refractivity contribution is 0.847. The first-order valence-corrected chi connectivity index (χ1v) is 12.9. The van der Waals surface area contributed by atoms with Gasteiger partial charge < -0.3 is 4.57 Å². The SMILES string of the molecule is Cn1cc(-c2ccccc2)nc1C[P+](c1ccccc1)(c1ccccc1)c1ccccc1.